The molecule has 0 aromatic heterocycles. The lowest BCUT2D eigenvalue weighted by Gasteiger charge is -2.33. The molecule has 2 saturated carbocycles. The van der Waals surface area contributed by atoms with Crippen LogP contribution in [-0.4, -0.2) is 12.6 Å². The molecule has 2 aliphatic rings. The van der Waals surface area contributed by atoms with E-state index in [1.165, 1.54) is 64.3 Å². The van der Waals surface area contributed by atoms with Gasteiger partial charge in [-0.3, -0.25) is 0 Å². The van der Waals surface area contributed by atoms with Gasteiger partial charge in [0.2, 0.25) is 0 Å². The van der Waals surface area contributed by atoms with E-state index in [9.17, 15) is 0 Å². The summed E-state index contributed by atoms with van der Waals surface area (Å²) in [5.41, 5.74) is 2.03. The lowest BCUT2D eigenvalue weighted by Crippen LogP contribution is -2.42. The second-order valence-electron chi connectivity index (χ2n) is 7.27. The lowest BCUT2D eigenvalue weighted by atomic mass is 9.78. The largest absolute Gasteiger partial charge is 0.313 e. The van der Waals surface area contributed by atoms with Gasteiger partial charge >= 0.3 is 0 Å². The molecule has 1 N–H and O–H groups in total. The van der Waals surface area contributed by atoms with Gasteiger partial charge in [-0.15, -0.1) is 0 Å². The van der Waals surface area contributed by atoms with Gasteiger partial charge in [-0.25, -0.2) is 0 Å². The van der Waals surface area contributed by atoms with Gasteiger partial charge in [0, 0.05) is 11.5 Å². The zero-order valence-corrected chi connectivity index (χ0v) is 13.6. The Balaban J connectivity index is 1.72. The van der Waals surface area contributed by atoms with Gasteiger partial charge in [0.25, 0.3) is 0 Å². The fourth-order valence-corrected chi connectivity index (χ4v) is 4.32. The summed E-state index contributed by atoms with van der Waals surface area (Å²) in [7, 11) is 0. The maximum Gasteiger partial charge on any atom is 0.0167 e. The van der Waals surface area contributed by atoms with Crippen molar-refractivity contribution in [3.05, 3.63) is 35.9 Å². The Hall–Kier alpha value is -0.820. The summed E-state index contributed by atoms with van der Waals surface area (Å²) in [4.78, 5) is 0. The molecule has 1 atom stereocenters. The normalized spacial score (nSPS) is 22.9. The van der Waals surface area contributed by atoms with E-state index in [0.29, 0.717) is 11.5 Å². The van der Waals surface area contributed by atoms with Crippen molar-refractivity contribution < 1.29 is 0 Å². The molecule has 0 amide bonds. The van der Waals surface area contributed by atoms with Gasteiger partial charge in [-0.05, 0) is 43.7 Å². The summed E-state index contributed by atoms with van der Waals surface area (Å²) in [5.74, 6) is 0.967. The van der Waals surface area contributed by atoms with Crippen molar-refractivity contribution in [1.82, 2.24) is 5.32 Å². The molecular formula is C20H31N. The Labute approximate surface area is 130 Å². The van der Waals surface area contributed by atoms with Gasteiger partial charge in [0.15, 0.2) is 0 Å². The predicted octanol–water partition coefficient (Wildman–Crippen LogP) is 5.06. The van der Waals surface area contributed by atoms with E-state index in [1.807, 2.05) is 0 Å². The van der Waals surface area contributed by atoms with E-state index in [0.717, 1.165) is 5.92 Å². The summed E-state index contributed by atoms with van der Waals surface area (Å²) in [6.45, 7) is 3.46. The van der Waals surface area contributed by atoms with E-state index in [1.54, 1.807) is 5.56 Å². The van der Waals surface area contributed by atoms with E-state index < -0.39 is 0 Å². The van der Waals surface area contributed by atoms with Crippen LogP contribution in [0.3, 0.4) is 0 Å². The fourth-order valence-electron chi connectivity index (χ4n) is 4.32. The SMILES string of the molecule is CCCNC(CC1CCCCC1)C1(c2ccccc2)CC1. The third-order valence-electron chi connectivity index (χ3n) is 5.74. The number of benzene rings is 1. The highest BCUT2D eigenvalue weighted by Gasteiger charge is 2.50. The van der Waals surface area contributed by atoms with E-state index in [-0.39, 0.29) is 0 Å². The smallest absolute Gasteiger partial charge is 0.0167 e. The lowest BCUT2D eigenvalue weighted by molar-refractivity contribution is 0.270. The van der Waals surface area contributed by atoms with Gasteiger partial charge in [-0.1, -0.05) is 69.4 Å². The second kappa shape index (κ2) is 6.96. The first-order chi connectivity index (χ1) is 10.3. The molecule has 0 heterocycles. The molecule has 1 unspecified atom stereocenters. The van der Waals surface area contributed by atoms with Crippen LogP contribution in [0.15, 0.2) is 30.3 Å². The monoisotopic (exact) mass is 285 g/mol. The molecule has 0 spiro atoms. The van der Waals surface area contributed by atoms with Crippen LogP contribution in [0.25, 0.3) is 0 Å². The average Bonchev–Trinajstić information content (AvgIpc) is 3.35. The van der Waals surface area contributed by atoms with E-state index in [2.05, 4.69) is 42.6 Å². The zero-order chi connectivity index (χ0) is 14.5. The topological polar surface area (TPSA) is 12.0 Å². The fraction of sp³-hybridized carbons (Fsp3) is 0.700. The maximum atomic E-state index is 3.92. The van der Waals surface area contributed by atoms with Crippen LogP contribution in [0, 0.1) is 5.92 Å². The standard InChI is InChI=1S/C20H31N/c1-2-15-21-19(16-17-9-5-3-6-10-17)20(13-14-20)18-11-7-4-8-12-18/h4,7-8,11-12,17,19,21H,2-3,5-6,9-10,13-16H2,1H3. The molecule has 2 fully saturated rings. The Morgan fingerprint density at radius 3 is 2.43 bits per heavy atom. The molecule has 116 valence electrons. The Kier molecular flexibility index (Phi) is 5.00. The number of nitrogens with one attached hydrogen (secondary N) is 1. The molecule has 2 aliphatic carbocycles. The highest BCUT2D eigenvalue weighted by atomic mass is 14.9. The van der Waals surface area contributed by atoms with Crippen LogP contribution >= 0.6 is 0 Å². The quantitative estimate of drug-likeness (QED) is 0.738. The highest BCUT2D eigenvalue weighted by molar-refractivity contribution is 5.34. The first-order valence-electron chi connectivity index (χ1n) is 9.14. The van der Waals surface area contributed by atoms with Crippen LogP contribution in [0.5, 0.6) is 0 Å². The van der Waals surface area contributed by atoms with Gasteiger partial charge in [0.1, 0.15) is 0 Å². The van der Waals surface area contributed by atoms with Crippen molar-refractivity contribution in [2.24, 2.45) is 5.92 Å². The minimum absolute atomic E-state index is 0.452. The van der Waals surface area contributed by atoms with Crippen LogP contribution in [-0.2, 0) is 5.41 Å². The molecule has 1 aromatic rings. The molecule has 0 saturated heterocycles. The molecule has 0 aliphatic heterocycles. The Bertz CT molecular complexity index is 415. The number of rotatable bonds is 7. The molecule has 0 bridgehead atoms. The first kappa shape index (κ1) is 15.1. The summed E-state index contributed by atoms with van der Waals surface area (Å²) in [5, 5.41) is 3.92. The zero-order valence-electron chi connectivity index (χ0n) is 13.6. The second-order valence-corrected chi connectivity index (χ2v) is 7.27. The van der Waals surface area contributed by atoms with Gasteiger partial charge < -0.3 is 5.32 Å². The molecule has 1 heteroatoms. The van der Waals surface area contributed by atoms with E-state index in [4.69, 9.17) is 0 Å². The van der Waals surface area contributed by atoms with Crippen LogP contribution < -0.4 is 5.32 Å². The van der Waals surface area contributed by atoms with Crippen molar-refractivity contribution in [2.45, 2.75) is 76.2 Å². The van der Waals surface area contributed by atoms with Crippen LogP contribution in [0.1, 0.15) is 70.3 Å². The van der Waals surface area contributed by atoms with Crippen LogP contribution in [0.4, 0.5) is 0 Å². The Morgan fingerprint density at radius 2 is 1.81 bits per heavy atom. The first-order valence-corrected chi connectivity index (χ1v) is 9.14. The minimum Gasteiger partial charge on any atom is -0.313 e. The average molecular weight is 285 g/mol. The third kappa shape index (κ3) is 3.51. The van der Waals surface area contributed by atoms with Crippen molar-refractivity contribution in [1.29, 1.82) is 0 Å². The van der Waals surface area contributed by atoms with Crippen molar-refractivity contribution in [3.8, 4) is 0 Å². The minimum atomic E-state index is 0.452. The number of hydrogen-bond acceptors (Lipinski definition) is 1. The summed E-state index contributed by atoms with van der Waals surface area (Å²) < 4.78 is 0. The molecule has 21 heavy (non-hydrogen) atoms. The highest BCUT2D eigenvalue weighted by Crippen LogP contribution is 2.52. The maximum absolute atomic E-state index is 3.92. The van der Waals surface area contributed by atoms with Gasteiger partial charge in [-0.2, -0.15) is 0 Å². The van der Waals surface area contributed by atoms with E-state index >= 15 is 0 Å². The summed E-state index contributed by atoms with van der Waals surface area (Å²) in [6, 6.07) is 12.0. The van der Waals surface area contributed by atoms with Crippen molar-refractivity contribution >= 4 is 0 Å². The van der Waals surface area contributed by atoms with Crippen molar-refractivity contribution in [2.75, 3.05) is 6.54 Å². The van der Waals surface area contributed by atoms with Crippen LogP contribution in [0.2, 0.25) is 0 Å². The molecular weight excluding hydrogens is 254 g/mol. The summed E-state index contributed by atoms with van der Waals surface area (Å²) in [6.07, 6.45) is 12.7. The number of hydrogen-bond donors (Lipinski definition) is 1. The molecule has 0 radical (unpaired) electrons. The van der Waals surface area contributed by atoms with Crippen molar-refractivity contribution in [3.63, 3.8) is 0 Å². The third-order valence-corrected chi connectivity index (χ3v) is 5.74. The Morgan fingerprint density at radius 1 is 1.10 bits per heavy atom. The molecule has 1 aromatic carbocycles. The summed E-state index contributed by atoms with van der Waals surface area (Å²) >= 11 is 0. The van der Waals surface area contributed by atoms with Gasteiger partial charge in [0.05, 0.1) is 0 Å². The predicted molar refractivity (Wildman–Crippen MR) is 90.6 cm³/mol. The molecule has 1 nitrogen and oxygen atoms in total. The molecule has 3 rings (SSSR count).